The third-order valence-corrected chi connectivity index (χ3v) is 5.40. The second-order valence-electron chi connectivity index (χ2n) is 7.23. The number of amides is 2. The Bertz CT molecular complexity index is 1200. The van der Waals surface area contributed by atoms with Gasteiger partial charge in [0.15, 0.2) is 10.9 Å². The fourth-order valence-electron chi connectivity index (χ4n) is 2.64. The zero-order valence-corrected chi connectivity index (χ0v) is 18.5. The number of halogens is 1. The van der Waals surface area contributed by atoms with Crippen LogP contribution in [0.3, 0.4) is 0 Å². The highest BCUT2D eigenvalue weighted by Crippen LogP contribution is 2.25. The van der Waals surface area contributed by atoms with Crippen LogP contribution in [0.25, 0.3) is 11.3 Å². The Morgan fingerprint density at radius 1 is 0.938 bits per heavy atom. The van der Waals surface area contributed by atoms with Crippen molar-refractivity contribution in [1.29, 1.82) is 0 Å². The maximum Gasteiger partial charge on any atom is 0.278 e. The summed E-state index contributed by atoms with van der Waals surface area (Å²) in [6.45, 7) is 5.13. The molecule has 0 unspecified atom stereocenters. The summed E-state index contributed by atoms with van der Waals surface area (Å²) in [5.41, 5.74) is 0.467. The van der Waals surface area contributed by atoms with Crippen LogP contribution in [0.1, 0.15) is 20.8 Å². The van der Waals surface area contributed by atoms with E-state index in [0.29, 0.717) is 11.3 Å². The number of rotatable bonds is 7. The molecule has 10 heteroatoms. The maximum atomic E-state index is 13.7. The number of aromatic nitrogens is 3. The molecule has 0 saturated heterocycles. The number of hydrogen-bond donors (Lipinski definition) is 3. The van der Waals surface area contributed by atoms with Gasteiger partial charge in [0, 0.05) is 11.5 Å². The van der Waals surface area contributed by atoms with Crippen molar-refractivity contribution in [1.82, 2.24) is 15.2 Å². The molecule has 0 bridgehead atoms. The van der Waals surface area contributed by atoms with Crippen molar-refractivity contribution >= 4 is 35.0 Å². The number of carbonyl (C=O) groups excluding carboxylic acids is 2. The highest BCUT2D eigenvalue weighted by atomic mass is 32.2. The molecule has 0 fully saturated rings. The molecule has 0 aliphatic heterocycles. The molecule has 2 aromatic carbocycles. The number of aromatic amines is 1. The van der Waals surface area contributed by atoms with Crippen LogP contribution in [0.4, 0.5) is 15.8 Å². The summed E-state index contributed by atoms with van der Waals surface area (Å²) in [6, 6.07) is 12.6. The third kappa shape index (κ3) is 5.58. The van der Waals surface area contributed by atoms with Crippen LogP contribution >= 0.6 is 11.8 Å². The zero-order chi connectivity index (χ0) is 23.3. The largest absolute Gasteiger partial charge is 0.325 e. The fourth-order valence-corrected chi connectivity index (χ4v) is 3.39. The van der Waals surface area contributed by atoms with Crippen molar-refractivity contribution in [2.45, 2.75) is 31.2 Å². The molecule has 0 spiro atoms. The van der Waals surface area contributed by atoms with Crippen LogP contribution in [-0.2, 0) is 9.59 Å². The summed E-state index contributed by atoms with van der Waals surface area (Å²) < 4.78 is 13.7. The molecule has 1 aromatic heterocycles. The molecule has 32 heavy (non-hydrogen) atoms. The first-order valence-corrected chi connectivity index (χ1v) is 10.7. The normalized spacial score (nSPS) is 11.8. The molecule has 0 radical (unpaired) electrons. The van der Waals surface area contributed by atoms with Gasteiger partial charge in [-0.1, -0.05) is 55.9 Å². The average Bonchev–Trinajstić information content (AvgIpc) is 2.76. The number of benzene rings is 2. The van der Waals surface area contributed by atoms with Crippen molar-refractivity contribution in [3.8, 4) is 11.3 Å². The van der Waals surface area contributed by atoms with Crippen molar-refractivity contribution in [3.05, 3.63) is 64.7 Å². The molecule has 166 valence electrons. The summed E-state index contributed by atoms with van der Waals surface area (Å²) in [6.07, 6.45) is 0. The molecule has 8 nitrogen and oxygen atoms in total. The van der Waals surface area contributed by atoms with Gasteiger partial charge in [-0.05, 0) is 25.1 Å². The molecule has 3 rings (SSSR count). The summed E-state index contributed by atoms with van der Waals surface area (Å²) in [7, 11) is 0. The van der Waals surface area contributed by atoms with Crippen molar-refractivity contribution in [2.75, 3.05) is 10.6 Å². The lowest BCUT2D eigenvalue weighted by Gasteiger charge is -2.13. The van der Waals surface area contributed by atoms with Gasteiger partial charge in [-0.2, -0.15) is 0 Å². The number of H-pyrrole nitrogens is 1. The molecule has 0 aliphatic rings. The number of nitrogens with one attached hydrogen (secondary N) is 3. The van der Waals surface area contributed by atoms with Crippen LogP contribution in [-0.4, -0.2) is 32.2 Å². The zero-order valence-electron chi connectivity index (χ0n) is 17.7. The quantitative estimate of drug-likeness (QED) is 0.468. The SMILES string of the molecule is CC(C)C(=O)Nc1ccccc1-c1nnc(S[C@H](C)C(=O)Nc2ccccc2F)[nH]c1=O. The van der Waals surface area contributed by atoms with E-state index in [1.165, 1.54) is 18.2 Å². The highest BCUT2D eigenvalue weighted by molar-refractivity contribution is 8.00. The standard InChI is InChI=1S/C22H22FN5O3S/c1-12(2)19(29)24-16-10-6-4-8-14(16)18-21(31)26-22(28-27-18)32-13(3)20(30)25-17-11-7-5-9-15(17)23/h4-13H,1-3H3,(H,24,29)(H,25,30)(H,26,28,31)/t13-/m1/s1. The number of anilines is 2. The molecule has 0 saturated carbocycles. The lowest BCUT2D eigenvalue weighted by molar-refractivity contribution is -0.119. The summed E-state index contributed by atoms with van der Waals surface area (Å²) in [5.74, 6) is -1.42. The Balaban J connectivity index is 1.76. The van der Waals surface area contributed by atoms with Crippen molar-refractivity contribution < 1.29 is 14.0 Å². The van der Waals surface area contributed by atoms with Gasteiger partial charge in [-0.3, -0.25) is 19.4 Å². The van der Waals surface area contributed by atoms with E-state index < -0.39 is 22.5 Å². The predicted molar refractivity (Wildman–Crippen MR) is 122 cm³/mol. The molecular weight excluding hydrogens is 433 g/mol. The molecular formula is C22H22FN5O3S. The first kappa shape index (κ1) is 23.1. The van der Waals surface area contributed by atoms with Gasteiger partial charge in [0.1, 0.15) is 5.82 Å². The Hall–Kier alpha value is -3.53. The number of para-hydroxylation sites is 2. The Kier molecular flexibility index (Phi) is 7.37. The van der Waals surface area contributed by atoms with Crippen LogP contribution in [0.2, 0.25) is 0 Å². The fraction of sp³-hybridized carbons (Fsp3) is 0.227. The minimum Gasteiger partial charge on any atom is -0.325 e. The van der Waals surface area contributed by atoms with E-state index in [9.17, 15) is 18.8 Å². The van der Waals surface area contributed by atoms with Crippen LogP contribution in [0, 0.1) is 11.7 Å². The predicted octanol–water partition coefficient (Wildman–Crippen LogP) is 3.68. The van der Waals surface area contributed by atoms with Gasteiger partial charge in [-0.25, -0.2) is 4.39 Å². The first-order valence-electron chi connectivity index (χ1n) is 9.85. The van der Waals surface area contributed by atoms with E-state index in [1.807, 2.05) is 0 Å². The van der Waals surface area contributed by atoms with E-state index in [2.05, 4.69) is 25.8 Å². The second kappa shape index (κ2) is 10.2. The molecule has 3 N–H and O–H groups in total. The average molecular weight is 456 g/mol. The van der Waals surface area contributed by atoms with Gasteiger partial charge < -0.3 is 10.6 Å². The second-order valence-corrected chi connectivity index (χ2v) is 8.56. The van der Waals surface area contributed by atoms with E-state index in [0.717, 1.165) is 11.8 Å². The lowest BCUT2D eigenvalue weighted by atomic mass is 10.1. The van der Waals surface area contributed by atoms with Gasteiger partial charge in [0.05, 0.1) is 16.6 Å². The number of thioether (sulfide) groups is 1. The number of nitrogens with zero attached hydrogens (tertiary/aromatic N) is 2. The smallest absolute Gasteiger partial charge is 0.278 e. The first-order chi connectivity index (χ1) is 15.3. The van der Waals surface area contributed by atoms with Gasteiger partial charge in [0.2, 0.25) is 11.8 Å². The van der Waals surface area contributed by atoms with Crippen LogP contribution in [0.15, 0.2) is 58.5 Å². The topological polar surface area (TPSA) is 117 Å². The Morgan fingerprint density at radius 2 is 1.56 bits per heavy atom. The summed E-state index contributed by atoms with van der Waals surface area (Å²) >= 11 is 0.980. The van der Waals surface area contributed by atoms with E-state index >= 15 is 0 Å². The van der Waals surface area contributed by atoms with E-state index in [4.69, 9.17) is 0 Å². The van der Waals surface area contributed by atoms with Gasteiger partial charge >= 0.3 is 0 Å². The molecule has 2 amide bonds. The lowest BCUT2D eigenvalue weighted by Crippen LogP contribution is -2.24. The third-order valence-electron chi connectivity index (χ3n) is 4.43. The molecule has 1 atom stereocenters. The minimum atomic E-state index is -0.678. The van der Waals surface area contributed by atoms with Gasteiger partial charge in [0.25, 0.3) is 5.56 Å². The molecule has 3 aromatic rings. The van der Waals surface area contributed by atoms with E-state index in [1.54, 1.807) is 51.1 Å². The van der Waals surface area contributed by atoms with Gasteiger partial charge in [-0.15, -0.1) is 10.2 Å². The molecule has 1 heterocycles. The Morgan fingerprint density at radius 3 is 2.22 bits per heavy atom. The number of hydrogen-bond acceptors (Lipinski definition) is 6. The molecule has 0 aliphatic carbocycles. The van der Waals surface area contributed by atoms with Crippen molar-refractivity contribution in [3.63, 3.8) is 0 Å². The van der Waals surface area contributed by atoms with Crippen LogP contribution < -0.4 is 16.2 Å². The van der Waals surface area contributed by atoms with Crippen LogP contribution in [0.5, 0.6) is 0 Å². The van der Waals surface area contributed by atoms with Crippen molar-refractivity contribution in [2.24, 2.45) is 5.92 Å². The summed E-state index contributed by atoms with van der Waals surface area (Å²) in [5, 5.41) is 12.8. The monoisotopic (exact) mass is 455 g/mol. The minimum absolute atomic E-state index is 0.0393. The Labute approximate surface area is 188 Å². The van der Waals surface area contributed by atoms with E-state index in [-0.39, 0.29) is 28.4 Å². The maximum absolute atomic E-state index is 13.7. The number of carbonyl (C=O) groups is 2. The highest BCUT2D eigenvalue weighted by Gasteiger charge is 2.19. The summed E-state index contributed by atoms with van der Waals surface area (Å²) in [4.78, 5) is 39.7.